The topological polar surface area (TPSA) is 12.9 Å². The molecule has 6 rings (SSSR count). The quantitative estimate of drug-likeness (QED) is 0.207. The molecule has 6 aromatic rings. The van der Waals surface area contributed by atoms with E-state index >= 15 is 0 Å². The minimum Gasteiger partial charge on any atom is -0.247 e. The van der Waals surface area contributed by atoms with Crippen LogP contribution in [0.15, 0.2) is 133 Å². The molecule has 0 bridgehead atoms. The van der Waals surface area contributed by atoms with Gasteiger partial charge in [0.2, 0.25) is 0 Å². The number of nitrogens with zero attached hydrogens (tertiary/aromatic N) is 1. The molecule has 0 saturated carbocycles. The Hall–Kier alpha value is -3.58. The summed E-state index contributed by atoms with van der Waals surface area (Å²) in [5.74, 6) is 0. The largest absolute Gasteiger partial charge is 0.247 e. The highest BCUT2D eigenvalue weighted by molar-refractivity contribution is 8.25. The molecule has 0 aliphatic rings. The van der Waals surface area contributed by atoms with E-state index in [1.54, 1.807) is 0 Å². The Morgan fingerprint density at radius 3 is 1.53 bits per heavy atom. The summed E-state index contributed by atoms with van der Waals surface area (Å²) >= 11 is 6.50. The molecule has 34 heavy (non-hydrogen) atoms. The van der Waals surface area contributed by atoms with Gasteiger partial charge in [-0.1, -0.05) is 139 Å². The molecule has 0 amide bonds. The minimum absolute atomic E-state index is 1.01. The molecule has 0 unspecified atom stereocenters. The molecule has 1 heterocycles. The predicted molar refractivity (Wildman–Crippen MR) is 151 cm³/mol. The van der Waals surface area contributed by atoms with Crippen molar-refractivity contribution in [2.75, 3.05) is 0 Å². The average molecular weight is 472 g/mol. The summed E-state index contributed by atoms with van der Waals surface area (Å²) in [6.45, 7) is 0. The molecule has 0 saturated heterocycles. The maximum absolute atomic E-state index is 6.50. The molecule has 0 aliphatic heterocycles. The first-order chi connectivity index (χ1) is 16.7. The Labute approximate surface area is 204 Å². The van der Waals surface area contributed by atoms with Crippen molar-refractivity contribution in [3.8, 4) is 11.3 Å². The van der Waals surface area contributed by atoms with E-state index in [2.05, 4.69) is 115 Å². The summed E-state index contributed by atoms with van der Waals surface area (Å²) in [5.41, 5.74) is 3.13. The third-order valence-electron chi connectivity index (χ3n) is 6.35. The normalized spacial score (nSPS) is 11.6. The van der Waals surface area contributed by atoms with Crippen LogP contribution in [0.1, 0.15) is 0 Å². The fraction of sp³-hybridized carbons (Fsp3) is 0. The number of benzene rings is 5. The Balaban J connectivity index is 1.53. The predicted octanol–water partition coefficient (Wildman–Crippen LogP) is 6.81. The van der Waals surface area contributed by atoms with Crippen LogP contribution in [0.4, 0.5) is 0 Å². The van der Waals surface area contributed by atoms with Gasteiger partial charge in [0.05, 0.1) is 11.2 Å². The Bertz CT molecular complexity index is 1620. The molecule has 1 nitrogen and oxygen atoms in total. The molecule has 162 valence electrons. The molecule has 5 aromatic carbocycles. The summed E-state index contributed by atoms with van der Waals surface area (Å²) < 4.78 is 0. The number of pyridine rings is 1. The SMILES string of the molecule is S=P(c1ccccc1)(c1ccccc1)c1ccc(-c2nc3ccccc3c3ccccc23)cc1. The van der Waals surface area contributed by atoms with E-state index in [1.165, 1.54) is 32.1 Å². The van der Waals surface area contributed by atoms with Crippen LogP contribution in [0.3, 0.4) is 0 Å². The lowest BCUT2D eigenvalue weighted by Crippen LogP contribution is -2.24. The van der Waals surface area contributed by atoms with Crippen LogP contribution in [0, 0.1) is 0 Å². The second kappa shape index (κ2) is 8.65. The van der Waals surface area contributed by atoms with Crippen LogP contribution in [0.5, 0.6) is 0 Å². The number of aromatic nitrogens is 1. The molecule has 0 aliphatic carbocycles. The number of fused-ring (bicyclic) bond motifs is 3. The van der Waals surface area contributed by atoms with Crippen molar-refractivity contribution in [3.05, 3.63) is 133 Å². The summed E-state index contributed by atoms with van der Waals surface area (Å²) in [6, 6.07) is 44.6. The first-order valence-corrected chi connectivity index (χ1v) is 14.2. The molecule has 0 N–H and O–H groups in total. The molecule has 1 aromatic heterocycles. The Morgan fingerprint density at radius 2 is 0.912 bits per heavy atom. The molecular formula is C31H22NPS. The van der Waals surface area contributed by atoms with Crippen LogP contribution in [-0.4, -0.2) is 4.98 Å². The van der Waals surface area contributed by atoms with Crippen molar-refractivity contribution < 1.29 is 0 Å². The first kappa shape index (κ1) is 21.0. The lowest BCUT2D eigenvalue weighted by atomic mass is 10.0. The molecule has 0 atom stereocenters. The smallest absolute Gasteiger partial charge is 0.0788 e. The maximum atomic E-state index is 6.50. The molecule has 0 radical (unpaired) electrons. The zero-order chi connectivity index (χ0) is 23.0. The maximum Gasteiger partial charge on any atom is 0.0788 e. The highest BCUT2D eigenvalue weighted by Gasteiger charge is 2.24. The summed E-state index contributed by atoms with van der Waals surface area (Å²) in [5, 5.41) is 7.18. The van der Waals surface area contributed by atoms with Crippen LogP contribution in [-0.2, 0) is 11.8 Å². The van der Waals surface area contributed by atoms with Crippen molar-refractivity contribution in [2.24, 2.45) is 0 Å². The number of rotatable bonds is 4. The second-order valence-corrected chi connectivity index (χ2v) is 12.8. The Kier molecular flexibility index (Phi) is 5.34. The second-order valence-electron chi connectivity index (χ2n) is 8.35. The monoisotopic (exact) mass is 471 g/mol. The van der Waals surface area contributed by atoms with E-state index in [9.17, 15) is 0 Å². The van der Waals surface area contributed by atoms with Gasteiger partial charge in [0.25, 0.3) is 0 Å². The molecule has 0 fully saturated rings. The van der Waals surface area contributed by atoms with Gasteiger partial charge in [0.1, 0.15) is 0 Å². The van der Waals surface area contributed by atoms with Crippen molar-refractivity contribution in [1.82, 2.24) is 4.98 Å². The fourth-order valence-corrected chi connectivity index (χ4v) is 8.42. The number of hydrogen-bond donors (Lipinski definition) is 0. The number of hydrogen-bond acceptors (Lipinski definition) is 2. The Morgan fingerprint density at radius 1 is 0.441 bits per heavy atom. The van der Waals surface area contributed by atoms with Gasteiger partial charge in [-0.3, -0.25) is 0 Å². The number of para-hydroxylation sites is 1. The van der Waals surface area contributed by atoms with Gasteiger partial charge in [-0.25, -0.2) is 4.98 Å². The van der Waals surface area contributed by atoms with Gasteiger partial charge in [-0.2, -0.15) is 0 Å². The van der Waals surface area contributed by atoms with Gasteiger partial charge >= 0.3 is 0 Å². The van der Waals surface area contributed by atoms with Crippen LogP contribution < -0.4 is 15.9 Å². The standard InChI is InChI=1S/C31H22NPS/c34-33(24-11-3-1-4-12-24,25-13-5-2-6-14-25)26-21-19-23(20-22-26)31-29-17-8-7-15-27(29)28-16-9-10-18-30(28)32-31/h1-22H. The molecular weight excluding hydrogens is 449 g/mol. The highest BCUT2D eigenvalue weighted by Crippen LogP contribution is 2.43. The molecule has 3 heteroatoms. The van der Waals surface area contributed by atoms with E-state index in [4.69, 9.17) is 16.8 Å². The van der Waals surface area contributed by atoms with Gasteiger partial charge in [0.15, 0.2) is 0 Å². The summed E-state index contributed by atoms with van der Waals surface area (Å²) in [7, 11) is 0. The van der Waals surface area contributed by atoms with E-state index in [0.29, 0.717) is 0 Å². The molecule has 0 spiro atoms. The van der Waals surface area contributed by atoms with Crippen molar-refractivity contribution in [2.45, 2.75) is 0 Å². The summed E-state index contributed by atoms with van der Waals surface area (Å²) in [6.07, 6.45) is 0. The van der Waals surface area contributed by atoms with E-state index < -0.39 is 6.04 Å². The highest BCUT2D eigenvalue weighted by atomic mass is 32.4. The van der Waals surface area contributed by atoms with Gasteiger partial charge < -0.3 is 0 Å². The lowest BCUT2D eigenvalue weighted by molar-refractivity contribution is 1.43. The van der Waals surface area contributed by atoms with Crippen molar-refractivity contribution in [3.63, 3.8) is 0 Å². The lowest BCUT2D eigenvalue weighted by Gasteiger charge is -2.24. The first-order valence-electron chi connectivity index (χ1n) is 11.3. The van der Waals surface area contributed by atoms with Crippen molar-refractivity contribution in [1.29, 1.82) is 0 Å². The summed E-state index contributed by atoms with van der Waals surface area (Å²) in [4.78, 5) is 5.06. The van der Waals surface area contributed by atoms with E-state index in [-0.39, 0.29) is 0 Å². The third kappa shape index (κ3) is 3.47. The average Bonchev–Trinajstić information content (AvgIpc) is 2.93. The van der Waals surface area contributed by atoms with Crippen LogP contribution in [0.25, 0.3) is 32.9 Å². The van der Waals surface area contributed by atoms with Crippen LogP contribution in [0.2, 0.25) is 0 Å². The zero-order valence-corrected chi connectivity index (χ0v) is 20.2. The van der Waals surface area contributed by atoms with E-state index in [1.807, 2.05) is 18.2 Å². The fourth-order valence-electron chi connectivity index (χ4n) is 4.68. The van der Waals surface area contributed by atoms with Gasteiger partial charge in [0, 0.05) is 22.4 Å². The van der Waals surface area contributed by atoms with Crippen LogP contribution >= 0.6 is 6.04 Å². The third-order valence-corrected chi connectivity index (χ3v) is 11.3. The van der Waals surface area contributed by atoms with Gasteiger partial charge in [-0.05, 0) is 27.4 Å². The zero-order valence-electron chi connectivity index (χ0n) is 18.5. The van der Waals surface area contributed by atoms with E-state index in [0.717, 1.165) is 16.8 Å². The minimum atomic E-state index is -2.16. The van der Waals surface area contributed by atoms with Crippen molar-refractivity contribution >= 4 is 55.4 Å². The van der Waals surface area contributed by atoms with Gasteiger partial charge in [-0.15, -0.1) is 0 Å².